The highest BCUT2D eigenvalue weighted by molar-refractivity contribution is 7.10. The maximum atomic E-state index is 12.6. The Kier molecular flexibility index (Phi) is 6.48. The molecular formula is C17H23F3N2O2S. The van der Waals surface area contributed by atoms with Crippen molar-refractivity contribution in [2.24, 2.45) is 11.8 Å². The molecule has 0 aliphatic carbocycles. The summed E-state index contributed by atoms with van der Waals surface area (Å²) in [6.45, 7) is 2.62. The molecule has 2 unspecified atom stereocenters. The molecule has 0 radical (unpaired) electrons. The van der Waals surface area contributed by atoms with Crippen molar-refractivity contribution in [3.05, 3.63) is 22.4 Å². The van der Waals surface area contributed by atoms with E-state index in [4.69, 9.17) is 0 Å². The average Bonchev–Trinajstić information content (AvgIpc) is 3.16. The molecule has 2 atom stereocenters. The van der Waals surface area contributed by atoms with Gasteiger partial charge in [-0.15, -0.1) is 11.3 Å². The maximum Gasteiger partial charge on any atom is 0.406 e. The van der Waals surface area contributed by atoms with Crippen LogP contribution in [0.15, 0.2) is 17.5 Å². The van der Waals surface area contributed by atoms with Gasteiger partial charge < -0.3 is 10.2 Å². The van der Waals surface area contributed by atoms with Gasteiger partial charge in [-0.2, -0.15) is 13.2 Å². The molecule has 2 rings (SSSR count). The third kappa shape index (κ3) is 5.20. The van der Waals surface area contributed by atoms with E-state index in [1.165, 1.54) is 0 Å². The molecule has 1 saturated heterocycles. The molecule has 0 aromatic carbocycles. The minimum Gasteiger partial charge on any atom is -0.348 e. The zero-order chi connectivity index (χ0) is 18.6. The topological polar surface area (TPSA) is 49.4 Å². The Bertz CT molecular complexity index is 585. The van der Waals surface area contributed by atoms with E-state index in [0.29, 0.717) is 0 Å². The highest BCUT2D eigenvalue weighted by atomic mass is 32.1. The fraction of sp³-hybridized carbons (Fsp3) is 0.647. The fourth-order valence-corrected chi connectivity index (χ4v) is 4.11. The Labute approximate surface area is 149 Å². The molecule has 1 aromatic heterocycles. The van der Waals surface area contributed by atoms with Crippen LogP contribution in [-0.4, -0.2) is 36.0 Å². The lowest BCUT2D eigenvalue weighted by molar-refractivity contribution is -0.157. The van der Waals surface area contributed by atoms with Gasteiger partial charge in [-0.3, -0.25) is 9.59 Å². The van der Waals surface area contributed by atoms with Gasteiger partial charge in [0, 0.05) is 17.8 Å². The van der Waals surface area contributed by atoms with E-state index in [1.54, 1.807) is 11.3 Å². The van der Waals surface area contributed by atoms with Crippen molar-refractivity contribution < 1.29 is 22.8 Å². The zero-order valence-corrected chi connectivity index (χ0v) is 15.1. The van der Waals surface area contributed by atoms with Gasteiger partial charge in [0.1, 0.15) is 6.54 Å². The van der Waals surface area contributed by atoms with Crippen molar-refractivity contribution in [1.29, 1.82) is 0 Å². The molecule has 0 bridgehead atoms. The number of nitrogens with zero attached hydrogens (tertiary/aromatic N) is 1. The molecule has 1 aliphatic heterocycles. The van der Waals surface area contributed by atoms with Gasteiger partial charge in [-0.25, -0.2) is 0 Å². The number of rotatable bonds is 7. The molecule has 1 fully saturated rings. The van der Waals surface area contributed by atoms with Gasteiger partial charge in [0.25, 0.3) is 0 Å². The number of amides is 2. The van der Waals surface area contributed by atoms with Gasteiger partial charge in [0.2, 0.25) is 11.8 Å². The number of thiophene rings is 1. The minimum atomic E-state index is -4.45. The molecule has 0 saturated carbocycles. The van der Waals surface area contributed by atoms with E-state index >= 15 is 0 Å². The summed E-state index contributed by atoms with van der Waals surface area (Å²) in [6.07, 6.45) is -2.86. The van der Waals surface area contributed by atoms with Crippen molar-refractivity contribution in [3.8, 4) is 0 Å². The molecular weight excluding hydrogens is 353 g/mol. The third-order valence-electron chi connectivity index (χ3n) is 4.62. The van der Waals surface area contributed by atoms with Gasteiger partial charge in [-0.1, -0.05) is 32.8 Å². The molecule has 8 heteroatoms. The Hall–Kier alpha value is -1.57. The lowest BCUT2D eigenvalue weighted by Gasteiger charge is -2.27. The lowest BCUT2D eigenvalue weighted by atomic mass is 9.92. The van der Waals surface area contributed by atoms with E-state index < -0.39 is 24.5 Å². The van der Waals surface area contributed by atoms with E-state index in [1.807, 2.05) is 31.4 Å². The van der Waals surface area contributed by atoms with Gasteiger partial charge >= 0.3 is 6.18 Å². The second-order valence-corrected chi connectivity index (χ2v) is 7.35. The molecule has 4 nitrogen and oxygen atoms in total. The Morgan fingerprint density at radius 2 is 2.08 bits per heavy atom. The van der Waals surface area contributed by atoms with Crippen LogP contribution < -0.4 is 5.32 Å². The quantitative estimate of drug-likeness (QED) is 0.788. The number of alkyl halides is 3. The lowest BCUT2D eigenvalue weighted by Crippen LogP contribution is -2.39. The van der Waals surface area contributed by atoms with Crippen LogP contribution in [0.2, 0.25) is 0 Å². The summed E-state index contributed by atoms with van der Waals surface area (Å²) in [5.41, 5.74) is 0. The summed E-state index contributed by atoms with van der Waals surface area (Å²) in [5, 5.41) is 4.91. The summed E-state index contributed by atoms with van der Waals surface area (Å²) in [6, 6.07) is 3.68. The van der Waals surface area contributed by atoms with Crippen LogP contribution in [0.25, 0.3) is 0 Å². The van der Waals surface area contributed by atoms with Crippen molar-refractivity contribution in [3.63, 3.8) is 0 Å². The Morgan fingerprint density at radius 3 is 2.60 bits per heavy atom. The van der Waals surface area contributed by atoms with Crippen LogP contribution in [0.5, 0.6) is 0 Å². The second-order valence-electron chi connectivity index (χ2n) is 6.37. The van der Waals surface area contributed by atoms with Crippen molar-refractivity contribution >= 4 is 23.2 Å². The number of halogens is 3. The van der Waals surface area contributed by atoms with E-state index in [2.05, 4.69) is 5.32 Å². The first-order chi connectivity index (χ1) is 11.7. The summed E-state index contributed by atoms with van der Waals surface area (Å²) < 4.78 is 37.5. The molecule has 25 heavy (non-hydrogen) atoms. The molecule has 140 valence electrons. The normalized spacial score (nSPS) is 19.5. The monoisotopic (exact) mass is 376 g/mol. The van der Waals surface area contributed by atoms with Crippen LogP contribution in [0.4, 0.5) is 13.2 Å². The standard InChI is InChI=1S/C17H23F3N2O2S/c1-3-11(4-2)15(13-6-5-7-25-13)21-16(24)12-8-14(23)22(9-12)10-17(18,19)20/h5-7,11-12,15H,3-4,8-10H2,1-2H3,(H,21,24). The van der Waals surface area contributed by atoms with Crippen molar-refractivity contribution in [2.45, 2.75) is 45.3 Å². The summed E-state index contributed by atoms with van der Waals surface area (Å²) >= 11 is 1.54. The number of nitrogens with one attached hydrogen (secondary N) is 1. The first-order valence-electron chi connectivity index (χ1n) is 8.43. The molecule has 1 N–H and O–H groups in total. The van der Waals surface area contributed by atoms with Crippen LogP contribution in [0, 0.1) is 11.8 Å². The van der Waals surface area contributed by atoms with Crippen LogP contribution in [0.1, 0.15) is 44.0 Å². The number of carbonyl (C=O) groups excluding carboxylic acids is 2. The van der Waals surface area contributed by atoms with Crippen LogP contribution in [0.3, 0.4) is 0 Å². The minimum absolute atomic E-state index is 0.165. The Balaban J connectivity index is 2.05. The molecule has 0 spiro atoms. The maximum absolute atomic E-state index is 12.6. The smallest absolute Gasteiger partial charge is 0.348 e. The highest BCUT2D eigenvalue weighted by Crippen LogP contribution is 2.31. The van der Waals surface area contributed by atoms with Crippen LogP contribution in [-0.2, 0) is 9.59 Å². The van der Waals surface area contributed by atoms with Gasteiger partial charge in [0.15, 0.2) is 0 Å². The number of carbonyl (C=O) groups is 2. The molecule has 1 aromatic rings. The average molecular weight is 376 g/mol. The number of likely N-dealkylation sites (tertiary alicyclic amines) is 1. The number of hydrogen-bond acceptors (Lipinski definition) is 3. The number of hydrogen-bond donors (Lipinski definition) is 1. The molecule has 2 heterocycles. The highest BCUT2D eigenvalue weighted by Gasteiger charge is 2.41. The van der Waals surface area contributed by atoms with Crippen LogP contribution >= 0.6 is 11.3 Å². The first-order valence-corrected chi connectivity index (χ1v) is 9.31. The molecule has 2 amide bonds. The Morgan fingerprint density at radius 1 is 1.40 bits per heavy atom. The largest absolute Gasteiger partial charge is 0.406 e. The predicted octanol–water partition coefficient (Wildman–Crippen LogP) is 3.75. The summed E-state index contributed by atoms with van der Waals surface area (Å²) in [4.78, 5) is 26.1. The second kappa shape index (κ2) is 8.21. The van der Waals surface area contributed by atoms with Crippen molar-refractivity contribution in [1.82, 2.24) is 10.2 Å². The molecule has 1 aliphatic rings. The van der Waals surface area contributed by atoms with E-state index in [9.17, 15) is 22.8 Å². The third-order valence-corrected chi connectivity index (χ3v) is 5.58. The van der Waals surface area contributed by atoms with Gasteiger partial charge in [-0.05, 0) is 17.4 Å². The SMILES string of the molecule is CCC(CC)C(NC(=O)C1CC(=O)N(CC(F)(F)F)C1)c1cccs1. The first kappa shape index (κ1) is 19.8. The fourth-order valence-electron chi connectivity index (χ4n) is 3.24. The van der Waals surface area contributed by atoms with Gasteiger partial charge in [0.05, 0.1) is 12.0 Å². The van der Waals surface area contributed by atoms with Crippen molar-refractivity contribution in [2.75, 3.05) is 13.1 Å². The zero-order valence-electron chi connectivity index (χ0n) is 14.3. The van der Waals surface area contributed by atoms with E-state index in [-0.39, 0.29) is 30.8 Å². The van der Waals surface area contributed by atoms with E-state index in [0.717, 1.165) is 22.6 Å². The predicted molar refractivity (Wildman–Crippen MR) is 90.0 cm³/mol. The summed E-state index contributed by atoms with van der Waals surface area (Å²) in [5.74, 6) is -1.45. The summed E-state index contributed by atoms with van der Waals surface area (Å²) in [7, 11) is 0.